The van der Waals surface area contributed by atoms with Crippen LogP contribution in [-0.2, 0) is 19.6 Å². The van der Waals surface area contributed by atoms with Gasteiger partial charge in [0.25, 0.3) is 15.9 Å². The lowest BCUT2D eigenvalue weighted by molar-refractivity contribution is -0.124. The zero-order valence-corrected chi connectivity index (χ0v) is 17.0. The number of rotatable bonds is 9. The number of carbonyl (C=O) groups excluding carboxylic acids is 2. The van der Waals surface area contributed by atoms with Crippen LogP contribution >= 0.6 is 0 Å². The van der Waals surface area contributed by atoms with E-state index in [1.807, 2.05) is 6.92 Å². The van der Waals surface area contributed by atoms with Gasteiger partial charge >= 0.3 is 5.97 Å². The second-order valence-corrected chi connectivity index (χ2v) is 8.04. The van der Waals surface area contributed by atoms with E-state index in [0.29, 0.717) is 12.1 Å². The fourth-order valence-corrected chi connectivity index (χ4v) is 3.40. The lowest BCUT2D eigenvalue weighted by Crippen LogP contribution is -2.29. The van der Waals surface area contributed by atoms with Crippen LogP contribution in [0, 0.1) is 0 Å². The zero-order valence-electron chi connectivity index (χ0n) is 16.2. The molecule has 2 aromatic carbocycles. The van der Waals surface area contributed by atoms with E-state index in [1.165, 1.54) is 48.5 Å². The molecule has 1 atom stereocenters. The van der Waals surface area contributed by atoms with Crippen molar-refractivity contribution in [3.8, 4) is 0 Å². The highest BCUT2D eigenvalue weighted by Gasteiger charge is 2.16. The second-order valence-electron chi connectivity index (χ2n) is 6.35. The largest absolute Gasteiger partial charge is 0.452 e. The molecule has 2 aromatic rings. The Hall–Kier alpha value is -2.91. The highest BCUT2D eigenvalue weighted by molar-refractivity contribution is 7.92. The summed E-state index contributed by atoms with van der Waals surface area (Å²) >= 11 is 0. The van der Waals surface area contributed by atoms with E-state index in [1.54, 1.807) is 6.92 Å². The van der Waals surface area contributed by atoms with E-state index in [-0.39, 0.29) is 28.7 Å². The molecule has 8 nitrogen and oxygen atoms in total. The van der Waals surface area contributed by atoms with Crippen LogP contribution in [0.4, 0.5) is 5.69 Å². The Morgan fingerprint density at radius 3 is 2.24 bits per heavy atom. The molecule has 0 spiro atoms. The summed E-state index contributed by atoms with van der Waals surface area (Å²) in [6.45, 7) is 3.63. The third kappa shape index (κ3) is 6.58. The fraction of sp³-hybridized carbons (Fsp3) is 0.300. The third-order valence-corrected chi connectivity index (χ3v) is 5.35. The van der Waals surface area contributed by atoms with Crippen LogP contribution in [0.15, 0.2) is 53.4 Å². The summed E-state index contributed by atoms with van der Waals surface area (Å²) in [5, 5.41) is 12.1. The van der Waals surface area contributed by atoms with E-state index in [0.717, 1.165) is 6.42 Å². The van der Waals surface area contributed by atoms with Gasteiger partial charge in [0.1, 0.15) is 0 Å². The lowest BCUT2D eigenvalue weighted by Gasteiger charge is -2.10. The van der Waals surface area contributed by atoms with Gasteiger partial charge in [0.05, 0.1) is 16.6 Å². The molecule has 29 heavy (non-hydrogen) atoms. The van der Waals surface area contributed by atoms with E-state index in [9.17, 15) is 23.1 Å². The number of aliphatic hydroxyl groups excluding tert-OH is 1. The molecule has 0 radical (unpaired) electrons. The SMILES string of the molecule is CCCNC(=O)COC(=O)c1ccc(NS(=O)(=O)c2ccc([C@@H](C)O)cc2)cc1. The number of carbonyl (C=O) groups is 2. The quantitative estimate of drug-likeness (QED) is 0.535. The van der Waals surface area contributed by atoms with Gasteiger partial charge in [0.2, 0.25) is 0 Å². The summed E-state index contributed by atoms with van der Waals surface area (Å²) in [6, 6.07) is 11.5. The molecular formula is C20H24N2O6S. The van der Waals surface area contributed by atoms with Crippen LogP contribution in [0.25, 0.3) is 0 Å². The summed E-state index contributed by atoms with van der Waals surface area (Å²) in [7, 11) is -3.82. The van der Waals surface area contributed by atoms with Gasteiger partial charge in [0, 0.05) is 12.2 Å². The summed E-state index contributed by atoms with van der Waals surface area (Å²) in [5.74, 6) is -1.06. The van der Waals surface area contributed by atoms with Crippen molar-refractivity contribution in [2.45, 2.75) is 31.3 Å². The summed E-state index contributed by atoms with van der Waals surface area (Å²) < 4.78 is 32.2. The molecule has 0 fully saturated rings. The van der Waals surface area contributed by atoms with Gasteiger partial charge in [-0.15, -0.1) is 0 Å². The number of ether oxygens (including phenoxy) is 1. The summed E-state index contributed by atoms with van der Waals surface area (Å²) in [5.41, 5.74) is 1.06. The molecule has 0 aliphatic heterocycles. The van der Waals surface area contributed by atoms with Crippen molar-refractivity contribution in [1.82, 2.24) is 5.32 Å². The van der Waals surface area contributed by atoms with Crippen LogP contribution < -0.4 is 10.0 Å². The van der Waals surface area contributed by atoms with E-state index in [4.69, 9.17) is 4.74 Å². The van der Waals surface area contributed by atoms with Crippen molar-refractivity contribution >= 4 is 27.6 Å². The average Bonchev–Trinajstić information content (AvgIpc) is 2.70. The highest BCUT2D eigenvalue weighted by atomic mass is 32.2. The van der Waals surface area contributed by atoms with Crippen molar-refractivity contribution in [2.75, 3.05) is 17.9 Å². The van der Waals surface area contributed by atoms with Crippen LogP contribution in [0.5, 0.6) is 0 Å². The van der Waals surface area contributed by atoms with Crippen molar-refractivity contribution in [1.29, 1.82) is 0 Å². The van der Waals surface area contributed by atoms with Crippen LogP contribution in [0.2, 0.25) is 0 Å². The number of benzene rings is 2. The Labute approximate surface area is 169 Å². The Bertz CT molecular complexity index is 938. The number of anilines is 1. The number of aliphatic hydroxyl groups is 1. The number of sulfonamides is 1. The molecule has 0 saturated carbocycles. The molecule has 0 bridgehead atoms. The molecule has 2 rings (SSSR count). The fourth-order valence-electron chi connectivity index (χ4n) is 2.34. The molecule has 0 aliphatic rings. The van der Waals surface area contributed by atoms with Crippen LogP contribution in [-0.4, -0.2) is 38.6 Å². The molecule has 0 heterocycles. The molecule has 0 aromatic heterocycles. The zero-order chi connectivity index (χ0) is 21.4. The van der Waals surface area contributed by atoms with Gasteiger partial charge in [-0.1, -0.05) is 19.1 Å². The normalized spacial score (nSPS) is 12.1. The average molecular weight is 420 g/mol. The molecule has 9 heteroatoms. The topological polar surface area (TPSA) is 122 Å². The molecule has 1 amide bonds. The lowest BCUT2D eigenvalue weighted by atomic mass is 10.1. The monoisotopic (exact) mass is 420 g/mol. The van der Waals surface area contributed by atoms with Crippen molar-refractivity contribution in [3.63, 3.8) is 0 Å². The number of esters is 1. The Balaban J connectivity index is 1.98. The minimum Gasteiger partial charge on any atom is -0.452 e. The first kappa shape index (κ1) is 22.4. The van der Waals surface area contributed by atoms with Gasteiger partial charge in [0.15, 0.2) is 6.61 Å². The van der Waals surface area contributed by atoms with Gasteiger partial charge in [-0.25, -0.2) is 13.2 Å². The van der Waals surface area contributed by atoms with E-state index < -0.39 is 22.1 Å². The molecule has 3 N–H and O–H groups in total. The number of nitrogens with one attached hydrogen (secondary N) is 2. The smallest absolute Gasteiger partial charge is 0.338 e. The van der Waals surface area contributed by atoms with Crippen LogP contribution in [0.3, 0.4) is 0 Å². The van der Waals surface area contributed by atoms with Crippen LogP contribution in [0.1, 0.15) is 42.3 Å². The maximum Gasteiger partial charge on any atom is 0.338 e. The highest BCUT2D eigenvalue weighted by Crippen LogP contribution is 2.19. The van der Waals surface area contributed by atoms with Crippen molar-refractivity contribution in [2.24, 2.45) is 0 Å². The summed E-state index contributed by atoms with van der Waals surface area (Å²) in [6.07, 6.45) is 0.0895. The maximum absolute atomic E-state index is 12.5. The van der Waals surface area contributed by atoms with Gasteiger partial charge in [-0.3, -0.25) is 9.52 Å². The number of amides is 1. The number of hydrogen-bond donors (Lipinski definition) is 3. The predicted molar refractivity (Wildman–Crippen MR) is 108 cm³/mol. The number of hydrogen-bond acceptors (Lipinski definition) is 6. The molecule has 0 aliphatic carbocycles. The minimum atomic E-state index is -3.82. The van der Waals surface area contributed by atoms with Gasteiger partial charge in [-0.05, 0) is 55.3 Å². The second kappa shape index (κ2) is 10.0. The Morgan fingerprint density at radius 1 is 1.07 bits per heavy atom. The Morgan fingerprint density at radius 2 is 1.69 bits per heavy atom. The molecule has 0 unspecified atom stereocenters. The predicted octanol–water partition coefficient (Wildman–Crippen LogP) is 2.22. The molecular weight excluding hydrogens is 396 g/mol. The van der Waals surface area contributed by atoms with E-state index >= 15 is 0 Å². The minimum absolute atomic E-state index is 0.0449. The van der Waals surface area contributed by atoms with Crippen molar-refractivity contribution < 1.29 is 27.9 Å². The standard InChI is InChI=1S/C20H24N2O6S/c1-3-12-21-19(24)13-28-20(25)16-4-8-17(9-5-16)22-29(26,27)18-10-6-15(7-11-18)14(2)23/h4-11,14,22-23H,3,12-13H2,1-2H3,(H,21,24)/t14-/m1/s1. The van der Waals surface area contributed by atoms with Gasteiger partial charge < -0.3 is 15.2 Å². The first-order valence-corrected chi connectivity index (χ1v) is 10.6. The Kier molecular flexibility index (Phi) is 7.74. The first-order valence-electron chi connectivity index (χ1n) is 9.07. The van der Waals surface area contributed by atoms with Gasteiger partial charge in [-0.2, -0.15) is 0 Å². The first-order chi connectivity index (χ1) is 13.7. The molecule has 156 valence electrons. The van der Waals surface area contributed by atoms with E-state index in [2.05, 4.69) is 10.0 Å². The van der Waals surface area contributed by atoms with Crippen molar-refractivity contribution in [3.05, 3.63) is 59.7 Å². The summed E-state index contributed by atoms with van der Waals surface area (Å²) in [4.78, 5) is 23.5. The maximum atomic E-state index is 12.5. The molecule has 0 saturated heterocycles. The third-order valence-electron chi connectivity index (χ3n) is 3.95.